The summed E-state index contributed by atoms with van der Waals surface area (Å²) < 4.78 is 1.02. The Labute approximate surface area is 149 Å². The molecular formula is C19H16BrN3O. The smallest absolute Gasteiger partial charge is 0.253 e. The minimum Gasteiger partial charge on any atom is -0.348 e. The third-order valence-corrected chi connectivity index (χ3v) is 3.97. The Bertz CT molecular complexity index is 802. The van der Waals surface area contributed by atoms with Crippen LogP contribution in [-0.4, -0.2) is 10.9 Å². The Morgan fingerprint density at radius 1 is 0.958 bits per heavy atom. The van der Waals surface area contributed by atoms with Crippen molar-refractivity contribution in [2.75, 3.05) is 5.32 Å². The molecule has 0 atom stereocenters. The molecule has 0 spiro atoms. The Kier molecular flexibility index (Phi) is 5.23. The van der Waals surface area contributed by atoms with E-state index in [0.29, 0.717) is 17.9 Å². The van der Waals surface area contributed by atoms with E-state index in [1.807, 2.05) is 54.6 Å². The molecule has 1 aromatic heterocycles. The van der Waals surface area contributed by atoms with Gasteiger partial charge in [-0.15, -0.1) is 0 Å². The van der Waals surface area contributed by atoms with E-state index in [0.717, 1.165) is 15.7 Å². The summed E-state index contributed by atoms with van der Waals surface area (Å²) in [6.45, 7) is 0.499. The monoisotopic (exact) mass is 381 g/mol. The number of benzene rings is 2. The van der Waals surface area contributed by atoms with Crippen LogP contribution >= 0.6 is 15.9 Å². The van der Waals surface area contributed by atoms with Crippen LogP contribution in [0.2, 0.25) is 0 Å². The molecule has 1 heterocycles. The number of nitrogens with zero attached hydrogens (tertiary/aromatic N) is 1. The molecule has 3 rings (SSSR count). The molecule has 0 aliphatic heterocycles. The number of aromatic nitrogens is 1. The first-order valence-electron chi connectivity index (χ1n) is 7.51. The number of carbonyl (C=O) groups is 1. The number of hydrogen-bond acceptors (Lipinski definition) is 3. The van der Waals surface area contributed by atoms with Crippen molar-refractivity contribution in [2.24, 2.45) is 0 Å². The van der Waals surface area contributed by atoms with Gasteiger partial charge in [0.25, 0.3) is 5.91 Å². The summed E-state index contributed by atoms with van der Waals surface area (Å²) in [7, 11) is 0. The summed E-state index contributed by atoms with van der Waals surface area (Å²) in [5, 5.41) is 6.08. The van der Waals surface area contributed by atoms with Gasteiger partial charge >= 0.3 is 0 Å². The fourth-order valence-electron chi connectivity index (χ4n) is 2.16. The average Bonchev–Trinajstić information content (AvgIpc) is 2.63. The minimum absolute atomic E-state index is 0.137. The van der Waals surface area contributed by atoms with E-state index >= 15 is 0 Å². The standard InChI is InChI=1S/C19H16BrN3O/c20-16-7-9-17(10-8-16)23-18-11-6-15(13-21-18)19(24)22-12-14-4-2-1-3-5-14/h1-11,13H,12H2,(H,21,23)(H,22,24). The molecule has 0 saturated carbocycles. The highest BCUT2D eigenvalue weighted by molar-refractivity contribution is 9.10. The molecule has 120 valence electrons. The van der Waals surface area contributed by atoms with Crippen LogP contribution in [0.25, 0.3) is 0 Å². The first kappa shape index (κ1) is 16.2. The van der Waals surface area contributed by atoms with Gasteiger partial charge in [0.05, 0.1) is 5.56 Å². The lowest BCUT2D eigenvalue weighted by atomic mass is 10.2. The number of amides is 1. The Morgan fingerprint density at radius 2 is 1.71 bits per heavy atom. The second-order valence-corrected chi connectivity index (χ2v) is 6.15. The quantitative estimate of drug-likeness (QED) is 0.682. The summed E-state index contributed by atoms with van der Waals surface area (Å²) in [5.74, 6) is 0.554. The van der Waals surface area contributed by atoms with Gasteiger partial charge in [-0.1, -0.05) is 46.3 Å². The van der Waals surface area contributed by atoms with Crippen LogP contribution in [-0.2, 0) is 6.54 Å². The molecule has 0 radical (unpaired) electrons. The fourth-order valence-corrected chi connectivity index (χ4v) is 2.43. The van der Waals surface area contributed by atoms with Crippen LogP contribution in [0, 0.1) is 0 Å². The second-order valence-electron chi connectivity index (χ2n) is 5.23. The number of nitrogens with one attached hydrogen (secondary N) is 2. The predicted molar refractivity (Wildman–Crippen MR) is 99.3 cm³/mol. The summed E-state index contributed by atoms with van der Waals surface area (Å²) >= 11 is 3.40. The van der Waals surface area contributed by atoms with Gasteiger partial charge in [0.2, 0.25) is 0 Å². The maximum atomic E-state index is 12.1. The van der Waals surface area contributed by atoms with E-state index in [1.165, 1.54) is 0 Å². The van der Waals surface area contributed by atoms with Crippen LogP contribution in [0.4, 0.5) is 11.5 Å². The summed E-state index contributed by atoms with van der Waals surface area (Å²) in [4.78, 5) is 16.4. The molecule has 2 aromatic carbocycles. The lowest BCUT2D eigenvalue weighted by Crippen LogP contribution is -2.22. The van der Waals surface area contributed by atoms with Gasteiger partial charge in [-0.25, -0.2) is 4.98 Å². The molecule has 3 aromatic rings. The lowest BCUT2D eigenvalue weighted by molar-refractivity contribution is 0.0950. The third-order valence-electron chi connectivity index (χ3n) is 3.44. The second kappa shape index (κ2) is 7.75. The molecule has 0 saturated heterocycles. The van der Waals surface area contributed by atoms with Crippen LogP contribution in [0.3, 0.4) is 0 Å². The zero-order valence-corrected chi connectivity index (χ0v) is 14.5. The first-order valence-corrected chi connectivity index (χ1v) is 8.31. The van der Waals surface area contributed by atoms with E-state index in [9.17, 15) is 4.79 Å². The number of pyridine rings is 1. The molecule has 0 fully saturated rings. The topological polar surface area (TPSA) is 54.0 Å². The minimum atomic E-state index is -0.137. The SMILES string of the molecule is O=C(NCc1ccccc1)c1ccc(Nc2ccc(Br)cc2)nc1. The molecule has 24 heavy (non-hydrogen) atoms. The highest BCUT2D eigenvalue weighted by Crippen LogP contribution is 2.18. The third kappa shape index (κ3) is 4.43. The lowest BCUT2D eigenvalue weighted by Gasteiger charge is -2.08. The molecule has 1 amide bonds. The van der Waals surface area contributed by atoms with Gasteiger partial charge < -0.3 is 10.6 Å². The predicted octanol–water partition coefficient (Wildman–Crippen LogP) is 4.52. The number of anilines is 2. The van der Waals surface area contributed by atoms with Crippen molar-refractivity contribution < 1.29 is 4.79 Å². The zero-order valence-electron chi connectivity index (χ0n) is 12.9. The highest BCUT2D eigenvalue weighted by Gasteiger charge is 2.06. The summed E-state index contributed by atoms with van der Waals surface area (Å²) in [5.41, 5.74) is 2.53. The molecule has 0 aliphatic rings. The van der Waals surface area contributed by atoms with Crippen LogP contribution in [0.5, 0.6) is 0 Å². The van der Waals surface area contributed by atoms with Gasteiger partial charge in [-0.3, -0.25) is 4.79 Å². The van der Waals surface area contributed by atoms with Crippen LogP contribution in [0.15, 0.2) is 77.4 Å². The van der Waals surface area contributed by atoms with Crippen molar-refractivity contribution >= 4 is 33.3 Å². The van der Waals surface area contributed by atoms with Crippen LogP contribution < -0.4 is 10.6 Å². The number of hydrogen-bond donors (Lipinski definition) is 2. The van der Waals surface area contributed by atoms with E-state index in [1.54, 1.807) is 18.3 Å². The van der Waals surface area contributed by atoms with E-state index in [-0.39, 0.29) is 5.91 Å². The zero-order chi connectivity index (χ0) is 16.8. The average molecular weight is 382 g/mol. The Hall–Kier alpha value is -2.66. The van der Waals surface area contributed by atoms with Crippen molar-refractivity contribution in [3.8, 4) is 0 Å². The normalized spacial score (nSPS) is 10.2. The van der Waals surface area contributed by atoms with Crippen LogP contribution in [0.1, 0.15) is 15.9 Å². The molecule has 0 bridgehead atoms. The maximum absolute atomic E-state index is 12.1. The molecular weight excluding hydrogens is 366 g/mol. The van der Waals surface area contributed by atoms with Gasteiger partial charge in [0.1, 0.15) is 5.82 Å². The van der Waals surface area contributed by atoms with Gasteiger partial charge in [0.15, 0.2) is 0 Å². The van der Waals surface area contributed by atoms with E-state index in [2.05, 4.69) is 31.5 Å². The number of carbonyl (C=O) groups excluding carboxylic acids is 1. The van der Waals surface area contributed by atoms with E-state index < -0.39 is 0 Å². The number of halogens is 1. The molecule has 0 aliphatic carbocycles. The molecule has 0 unspecified atom stereocenters. The Balaban J connectivity index is 1.59. The van der Waals surface area contributed by atoms with Crippen molar-refractivity contribution in [2.45, 2.75) is 6.54 Å². The van der Waals surface area contributed by atoms with E-state index in [4.69, 9.17) is 0 Å². The first-order chi connectivity index (χ1) is 11.7. The van der Waals surface area contributed by atoms with Gasteiger partial charge in [-0.2, -0.15) is 0 Å². The molecule has 2 N–H and O–H groups in total. The fraction of sp³-hybridized carbons (Fsp3) is 0.0526. The molecule has 5 heteroatoms. The molecule has 4 nitrogen and oxygen atoms in total. The van der Waals surface area contributed by atoms with Crippen molar-refractivity contribution in [1.29, 1.82) is 0 Å². The maximum Gasteiger partial charge on any atom is 0.253 e. The van der Waals surface area contributed by atoms with Crippen molar-refractivity contribution in [3.05, 3.63) is 88.5 Å². The van der Waals surface area contributed by atoms with Crippen molar-refractivity contribution in [3.63, 3.8) is 0 Å². The summed E-state index contributed by atoms with van der Waals surface area (Å²) in [6.07, 6.45) is 1.57. The largest absolute Gasteiger partial charge is 0.348 e. The van der Waals surface area contributed by atoms with Crippen molar-refractivity contribution in [1.82, 2.24) is 10.3 Å². The Morgan fingerprint density at radius 3 is 2.38 bits per heavy atom. The number of rotatable bonds is 5. The van der Waals surface area contributed by atoms with Gasteiger partial charge in [0, 0.05) is 22.9 Å². The highest BCUT2D eigenvalue weighted by atomic mass is 79.9. The van der Waals surface area contributed by atoms with Gasteiger partial charge in [-0.05, 0) is 42.0 Å². The summed E-state index contributed by atoms with van der Waals surface area (Å²) in [6, 6.07) is 21.2.